The third-order valence-corrected chi connectivity index (χ3v) is 9.15. The van der Waals surface area contributed by atoms with Gasteiger partial charge in [-0.1, -0.05) is 41.2 Å². The number of hydrogen-bond donors (Lipinski definition) is 0. The fourth-order valence-corrected chi connectivity index (χ4v) is 6.60. The normalized spacial score (nSPS) is 14.9. The molecule has 35 heavy (non-hydrogen) atoms. The number of nitrogens with zero attached hydrogens (tertiary/aromatic N) is 3. The number of aromatic nitrogens is 1. The second-order valence-electron chi connectivity index (χ2n) is 9.01. The van der Waals surface area contributed by atoms with Crippen molar-refractivity contribution in [1.82, 2.24) is 9.88 Å². The summed E-state index contributed by atoms with van der Waals surface area (Å²) >= 11 is 1.51. The number of benzene rings is 2. The zero-order chi connectivity index (χ0) is 24.8. The SMILES string of the molecule is Cc1ccc(S(=O)(=O)CCCC(=O)N(CCCN2CCOCC2)c2nc3c(C)cccc3s2)cc1. The van der Waals surface area contributed by atoms with E-state index >= 15 is 0 Å². The second-order valence-corrected chi connectivity index (χ2v) is 12.1. The predicted octanol–water partition coefficient (Wildman–Crippen LogP) is 4.22. The fraction of sp³-hybridized carbons (Fsp3) is 0.462. The van der Waals surface area contributed by atoms with Gasteiger partial charge in [0.1, 0.15) is 0 Å². The van der Waals surface area contributed by atoms with Gasteiger partial charge in [-0.25, -0.2) is 13.4 Å². The summed E-state index contributed by atoms with van der Waals surface area (Å²) in [5.41, 5.74) is 3.01. The highest BCUT2D eigenvalue weighted by Gasteiger charge is 2.22. The van der Waals surface area contributed by atoms with Crippen molar-refractivity contribution in [1.29, 1.82) is 0 Å². The lowest BCUT2D eigenvalue weighted by Crippen LogP contribution is -2.39. The Bertz CT molecular complexity index is 1250. The largest absolute Gasteiger partial charge is 0.379 e. The van der Waals surface area contributed by atoms with Crippen molar-refractivity contribution < 1.29 is 17.9 Å². The van der Waals surface area contributed by atoms with Gasteiger partial charge in [0, 0.05) is 32.6 Å². The van der Waals surface area contributed by atoms with E-state index in [2.05, 4.69) is 4.90 Å². The Morgan fingerprint density at radius 1 is 1.09 bits per heavy atom. The number of amides is 1. The molecule has 0 aliphatic carbocycles. The van der Waals surface area contributed by atoms with Gasteiger partial charge in [0.15, 0.2) is 15.0 Å². The first-order valence-electron chi connectivity index (χ1n) is 12.1. The zero-order valence-corrected chi connectivity index (χ0v) is 22.0. The Kier molecular flexibility index (Phi) is 8.54. The van der Waals surface area contributed by atoms with Crippen molar-refractivity contribution >= 4 is 42.4 Å². The van der Waals surface area contributed by atoms with Gasteiger partial charge in [-0.15, -0.1) is 0 Å². The fourth-order valence-electron chi connectivity index (χ4n) is 4.21. The highest BCUT2D eigenvalue weighted by atomic mass is 32.2. The molecule has 0 atom stereocenters. The molecule has 1 amide bonds. The van der Waals surface area contributed by atoms with Gasteiger partial charge in [-0.05, 0) is 50.5 Å². The maximum absolute atomic E-state index is 13.3. The number of fused-ring (bicyclic) bond motifs is 1. The van der Waals surface area contributed by atoms with E-state index in [0.29, 0.717) is 16.6 Å². The Morgan fingerprint density at radius 3 is 2.54 bits per heavy atom. The van der Waals surface area contributed by atoms with Gasteiger partial charge in [0.05, 0.1) is 34.1 Å². The van der Waals surface area contributed by atoms with Gasteiger partial charge < -0.3 is 4.74 Å². The molecule has 188 valence electrons. The van der Waals surface area contributed by atoms with E-state index in [9.17, 15) is 13.2 Å². The van der Waals surface area contributed by atoms with Crippen LogP contribution >= 0.6 is 11.3 Å². The summed E-state index contributed by atoms with van der Waals surface area (Å²) in [4.78, 5) is 22.5. The van der Waals surface area contributed by atoms with E-state index in [0.717, 1.165) is 60.6 Å². The van der Waals surface area contributed by atoms with Crippen molar-refractivity contribution in [2.75, 3.05) is 50.0 Å². The topological polar surface area (TPSA) is 79.8 Å². The minimum Gasteiger partial charge on any atom is -0.379 e. The molecule has 0 N–H and O–H groups in total. The van der Waals surface area contributed by atoms with Crippen LogP contribution in [0.25, 0.3) is 10.2 Å². The third-order valence-electron chi connectivity index (χ3n) is 6.28. The van der Waals surface area contributed by atoms with Gasteiger partial charge in [0.25, 0.3) is 0 Å². The molecule has 2 heterocycles. The number of para-hydroxylation sites is 1. The van der Waals surface area contributed by atoms with Crippen molar-refractivity contribution in [2.45, 2.75) is 38.0 Å². The standard InChI is InChI=1S/C26H33N3O4S2/c1-20-9-11-22(12-10-20)35(31,32)19-4-8-24(30)29(14-5-13-28-15-17-33-18-16-28)26-27-25-21(2)6-3-7-23(25)34-26/h3,6-7,9-12H,4-5,8,13-19H2,1-2H3. The van der Waals surface area contributed by atoms with E-state index in [1.807, 2.05) is 32.0 Å². The highest BCUT2D eigenvalue weighted by Crippen LogP contribution is 2.31. The number of aryl methyl sites for hydroxylation is 2. The first kappa shape index (κ1) is 25.8. The average Bonchev–Trinajstić information content (AvgIpc) is 3.28. The third kappa shape index (κ3) is 6.67. The number of carbonyl (C=O) groups excluding carboxylic acids is 1. The van der Waals surface area contributed by atoms with Crippen LogP contribution in [-0.4, -0.2) is 69.4 Å². The number of carbonyl (C=O) groups is 1. The molecular weight excluding hydrogens is 482 g/mol. The molecule has 4 rings (SSSR count). The van der Waals surface area contributed by atoms with E-state index in [4.69, 9.17) is 9.72 Å². The van der Waals surface area contributed by atoms with Crippen LogP contribution in [0.4, 0.5) is 5.13 Å². The molecule has 0 spiro atoms. The number of morpholine rings is 1. The van der Waals surface area contributed by atoms with Crippen LogP contribution in [0, 0.1) is 13.8 Å². The van der Waals surface area contributed by atoms with Crippen molar-refractivity contribution in [3.8, 4) is 0 Å². The second kappa shape index (κ2) is 11.6. The smallest absolute Gasteiger partial charge is 0.228 e. The number of ether oxygens (including phenoxy) is 1. The van der Waals surface area contributed by atoms with Gasteiger partial charge in [-0.3, -0.25) is 14.6 Å². The molecule has 1 aliphatic heterocycles. The average molecular weight is 516 g/mol. The molecule has 1 fully saturated rings. The Hall–Kier alpha value is -2.33. The molecule has 0 bridgehead atoms. The van der Waals surface area contributed by atoms with E-state index in [1.165, 1.54) is 11.3 Å². The number of sulfone groups is 1. The molecule has 0 radical (unpaired) electrons. The van der Waals surface area contributed by atoms with Crippen molar-refractivity contribution in [3.05, 3.63) is 53.6 Å². The van der Waals surface area contributed by atoms with E-state index in [-0.39, 0.29) is 24.5 Å². The summed E-state index contributed by atoms with van der Waals surface area (Å²) in [6, 6.07) is 12.9. The summed E-state index contributed by atoms with van der Waals surface area (Å²) in [5.74, 6) is -0.134. The molecule has 7 nitrogen and oxygen atoms in total. The monoisotopic (exact) mass is 515 g/mol. The molecule has 0 unspecified atom stereocenters. The lowest BCUT2D eigenvalue weighted by Gasteiger charge is -2.27. The number of thiazole rings is 1. The molecule has 2 aromatic carbocycles. The summed E-state index contributed by atoms with van der Waals surface area (Å²) in [6.07, 6.45) is 1.26. The van der Waals surface area contributed by atoms with Crippen LogP contribution in [0.5, 0.6) is 0 Å². The van der Waals surface area contributed by atoms with Gasteiger partial charge in [0.2, 0.25) is 5.91 Å². The molecule has 1 aliphatic rings. The van der Waals surface area contributed by atoms with Crippen molar-refractivity contribution in [2.24, 2.45) is 0 Å². The molecule has 1 saturated heterocycles. The molecular formula is C26H33N3O4S2. The summed E-state index contributed by atoms with van der Waals surface area (Å²) in [7, 11) is -3.42. The van der Waals surface area contributed by atoms with Crippen LogP contribution in [-0.2, 0) is 19.4 Å². The summed E-state index contributed by atoms with van der Waals surface area (Å²) < 4.78 is 31.9. The number of hydrogen-bond acceptors (Lipinski definition) is 7. The predicted molar refractivity (Wildman–Crippen MR) is 141 cm³/mol. The maximum Gasteiger partial charge on any atom is 0.228 e. The van der Waals surface area contributed by atoms with Crippen LogP contribution in [0.2, 0.25) is 0 Å². The quantitative estimate of drug-likeness (QED) is 0.402. The van der Waals surface area contributed by atoms with Crippen LogP contribution < -0.4 is 4.90 Å². The number of rotatable bonds is 10. The highest BCUT2D eigenvalue weighted by molar-refractivity contribution is 7.91. The van der Waals surface area contributed by atoms with Gasteiger partial charge >= 0.3 is 0 Å². The molecule has 3 aromatic rings. The van der Waals surface area contributed by atoms with Crippen molar-refractivity contribution in [3.63, 3.8) is 0 Å². The lowest BCUT2D eigenvalue weighted by atomic mass is 10.2. The Balaban J connectivity index is 1.43. The van der Waals surface area contributed by atoms with E-state index < -0.39 is 9.84 Å². The van der Waals surface area contributed by atoms with Crippen LogP contribution in [0.15, 0.2) is 47.4 Å². The molecule has 1 aromatic heterocycles. The first-order valence-corrected chi connectivity index (χ1v) is 14.6. The zero-order valence-electron chi connectivity index (χ0n) is 20.4. The number of anilines is 1. The maximum atomic E-state index is 13.3. The minimum absolute atomic E-state index is 0.0532. The summed E-state index contributed by atoms with van der Waals surface area (Å²) in [6.45, 7) is 8.69. The summed E-state index contributed by atoms with van der Waals surface area (Å²) in [5, 5.41) is 0.683. The molecule has 9 heteroatoms. The first-order chi connectivity index (χ1) is 16.8. The molecule has 0 saturated carbocycles. The van der Waals surface area contributed by atoms with Gasteiger partial charge in [-0.2, -0.15) is 0 Å². The van der Waals surface area contributed by atoms with Crippen LogP contribution in [0.3, 0.4) is 0 Å². The van der Waals surface area contributed by atoms with Crippen LogP contribution in [0.1, 0.15) is 30.4 Å². The Labute approximate surface area is 211 Å². The minimum atomic E-state index is -3.42. The lowest BCUT2D eigenvalue weighted by molar-refractivity contribution is -0.118. The Morgan fingerprint density at radius 2 is 1.83 bits per heavy atom. The van der Waals surface area contributed by atoms with E-state index in [1.54, 1.807) is 29.2 Å².